The van der Waals surface area contributed by atoms with E-state index in [0.29, 0.717) is 12.3 Å². The normalized spacial score (nSPS) is 12.0. The molecule has 2 rings (SSSR count). The molecule has 1 heterocycles. The minimum Gasteiger partial charge on any atom is -0.486 e. The van der Waals surface area contributed by atoms with Crippen LogP contribution in [0.3, 0.4) is 0 Å². The van der Waals surface area contributed by atoms with Crippen molar-refractivity contribution < 1.29 is 19.4 Å². The number of benzene rings is 1. The Morgan fingerprint density at radius 3 is 2.56 bits per heavy atom. The fraction of sp³-hybridized carbons (Fsp3) is 0.389. The van der Waals surface area contributed by atoms with Gasteiger partial charge < -0.3 is 15.2 Å². The zero-order valence-electron chi connectivity index (χ0n) is 14.5. The number of carbonyl (C=O) groups is 2. The van der Waals surface area contributed by atoms with Crippen molar-refractivity contribution in [2.75, 3.05) is 0 Å². The first-order valence-corrected chi connectivity index (χ1v) is 8.88. The van der Waals surface area contributed by atoms with E-state index in [0.717, 1.165) is 16.3 Å². The predicted octanol–water partition coefficient (Wildman–Crippen LogP) is 2.80. The van der Waals surface area contributed by atoms with Crippen molar-refractivity contribution in [3.8, 4) is 5.75 Å². The quantitative estimate of drug-likeness (QED) is 0.754. The van der Waals surface area contributed by atoms with E-state index in [2.05, 4.69) is 10.3 Å². The van der Waals surface area contributed by atoms with Gasteiger partial charge in [-0.25, -0.2) is 9.78 Å². The number of nitrogens with one attached hydrogen (secondary N) is 1. The second-order valence-electron chi connectivity index (χ2n) is 6.14. The molecule has 0 radical (unpaired) electrons. The Kier molecular flexibility index (Phi) is 6.52. The van der Waals surface area contributed by atoms with E-state index in [4.69, 9.17) is 9.84 Å². The average molecular weight is 362 g/mol. The van der Waals surface area contributed by atoms with Crippen LogP contribution in [0.1, 0.15) is 30.1 Å². The summed E-state index contributed by atoms with van der Waals surface area (Å²) >= 11 is 1.41. The Bertz CT molecular complexity index is 725. The van der Waals surface area contributed by atoms with Crippen LogP contribution >= 0.6 is 11.3 Å². The van der Waals surface area contributed by atoms with Gasteiger partial charge in [0.1, 0.15) is 23.4 Å². The van der Waals surface area contributed by atoms with E-state index < -0.39 is 12.0 Å². The monoisotopic (exact) mass is 362 g/mol. The molecule has 7 heteroatoms. The van der Waals surface area contributed by atoms with Gasteiger partial charge in [-0.1, -0.05) is 31.5 Å². The van der Waals surface area contributed by atoms with Crippen LogP contribution in [-0.4, -0.2) is 28.0 Å². The Labute approximate surface area is 150 Å². The van der Waals surface area contributed by atoms with Crippen molar-refractivity contribution >= 4 is 23.2 Å². The van der Waals surface area contributed by atoms with Gasteiger partial charge in [0.25, 0.3) is 0 Å². The van der Waals surface area contributed by atoms with Crippen LogP contribution in [0.5, 0.6) is 5.75 Å². The third-order valence-corrected chi connectivity index (χ3v) is 4.44. The molecule has 0 unspecified atom stereocenters. The summed E-state index contributed by atoms with van der Waals surface area (Å²) in [5, 5.41) is 14.2. The second kappa shape index (κ2) is 8.62. The molecule has 0 bridgehead atoms. The number of hydrogen-bond donors (Lipinski definition) is 2. The molecule has 6 nitrogen and oxygen atoms in total. The van der Waals surface area contributed by atoms with E-state index in [1.807, 2.05) is 31.2 Å². The summed E-state index contributed by atoms with van der Waals surface area (Å²) in [7, 11) is 0. The lowest BCUT2D eigenvalue weighted by Crippen LogP contribution is -2.44. The number of carboxylic acids is 1. The first kappa shape index (κ1) is 18.9. The highest BCUT2D eigenvalue weighted by atomic mass is 32.1. The highest BCUT2D eigenvalue weighted by Crippen LogP contribution is 2.16. The second-order valence-corrected chi connectivity index (χ2v) is 7.08. The lowest BCUT2D eigenvalue weighted by Gasteiger charge is -2.17. The lowest BCUT2D eigenvalue weighted by molar-refractivity contribution is -0.143. The molecular weight excluding hydrogens is 340 g/mol. The zero-order valence-corrected chi connectivity index (χ0v) is 15.3. The topological polar surface area (TPSA) is 88.5 Å². The van der Waals surface area contributed by atoms with Gasteiger partial charge in [-0.3, -0.25) is 4.79 Å². The van der Waals surface area contributed by atoms with E-state index in [1.54, 1.807) is 19.2 Å². The van der Waals surface area contributed by atoms with Gasteiger partial charge in [-0.15, -0.1) is 11.3 Å². The molecule has 0 aliphatic carbocycles. The van der Waals surface area contributed by atoms with Crippen molar-refractivity contribution in [2.45, 2.75) is 39.8 Å². The molecule has 0 saturated carbocycles. The Morgan fingerprint density at radius 1 is 1.28 bits per heavy atom. The number of aromatic nitrogens is 1. The smallest absolute Gasteiger partial charge is 0.326 e. The van der Waals surface area contributed by atoms with Crippen molar-refractivity contribution in [3.05, 3.63) is 45.9 Å². The maximum absolute atomic E-state index is 12.0. The highest BCUT2D eigenvalue weighted by molar-refractivity contribution is 7.09. The number of aliphatic carboxylic acids is 1. The molecule has 1 aromatic carbocycles. The van der Waals surface area contributed by atoms with Crippen LogP contribution in [0.25, 0.3) is 0 Å². The Balaban J connectivity index is 1.87. The summed E-state index contributed by atoms with van der Waals surface area (Å²) in [6, 6.07) is 6.85. The number of hydrogen-bond acceptors (Lipinski definition) is 5. The molecule has 134 valence electrons. The van der Waals surface area contributed by atoms with Crippen LogP contribution in [0.2, 0.25) is 0 Å². The molecule has 25 heavy (non-hydrogen) atoms. The molecule has 2 aromatic rings. The summed E-state index contributed by atoms with van der Waals surface area (Å²) in [6.45, 7) is 5.85. The van der Waals surface area contributed by atoms with Gasteiger partial charge in [-0.05, 0) is 25.0 Å². The molecule has 2 N–H and O–H groups in total. The predicted molar refractivity (Wildman–Crippen MR) is 95.7 cm³/mol. The summed E-state index contributed by atoms with van der Waals surface area (Å²) in [5.41, 5.74) is 1.77. The fourth-order valence-electron chi connectivity index (χ4n) is 2.18. The summed E-state index contributed by atoms with van der Waals surface area (Å²) in [5.74, 6) is -0.803. The number of carboxylic acid groups (broad SMARTS) is 1. The zero-order chi connectivity index (χ0) is 18.4. The van der Waals surface area contributed by atoms with Crippen LogP contribution in [0, 0.1) is 12.8 Å². The number of carbonyl (C=O) groups excluding carboxylic acids is 1. The number of amides is 1. The van der Waals surface area contributed by atoms with Gasteiger partial charge in [0.15, 0.2) is 0 Å². The van der Waals surface area contributed by atoms with Gasteiger partial charge in [0, 0.05) is 5.38 Å². The first-order valence-electron chi connectivity index (χ1n) is 8.00. The molecule has 1 atom stereocenters. The number of aryl methyl sites for hydroxylation is 1. The fourth-order valence-corrected chi connectivity index (χ4v) is 2.88. The molecule has 1 aromatic heterocycles. The van der Waals surface area contributed by atoms with Crippen molar-refractivity contribution in [1.82, 2.24) is 10.3 Å². The maximum Gasteiger partial charge on any atom is 0.326 e. The number of rotatable bonds is 8. The lowest BCUT2D eigenvalue weighted by atomic mass is 10.0. The van der Waals surface area contributed by atoms with Gasteiger partial charge >= 0.3 is 5.97 Å². The summed E-state index contributed by atoms with van der Waals surface area (Å²) in [4.78, 5) is 27.5. The van der Waals surface area contributed by atoms with Gasteiger partial charge in [0.2, 0.25) is 5.91 Å². The van der Waals surface area contributed by atoms with E-state index in [-0.39, 0.29) is 18.2 Å². The summed E-state index contributed by atoms with van der Waals surface area (Å²) < 4.78 is 5.66. The van der Waals surface area contributed by atoms with Crippen molar-refractivity contribution in [1.29, 1.82) is 0 Å². The van der Waals surface area contributed by atoms with E-state index in [1.165, 1.54) is 11.3 Å². The van der Waals surface area contributed by atoms with Crippen molar-refractivity contribution in [2.24, 2.45) is 5.92 Å². The van der Waals surface area contributed by atoms with Crippen LogP contribution in [-0.2, 0) is 22.6 Å². The third-order valence-electron chi connectivity index (χ3n) is 3.57. The maximum atomic E-state index is 12.0. The minimum atomic E-state index is -1.03. The standard InChI is InChI=1S/C18H22N2O4S/c1-11(2)17(18(22)23)20-15(21)8-13-10-25-16(19-13)9-24-14-6-4-12(3)5-7-14/h4-7,10-11,17H,8-9H2,1-3H3,(H,20,21)(H,22,23)/t17-/m0/s1. The summed E-state index contributed by atoms with van der Waals surface area (Å²) in [6.07, 6.45) is 0.0531. The Morgan fingerprint density at radius 2 is 1.96 bits per heavy atom. The van der Waals surface area contributed by atoms with E-state index >= 15 is 0 Å². The van der Waals surface area contributed by atoms with Crippen LogP contribution in [0.4, 0.5) is 0 Å². The van der Waals surface area contributed by atoms with Crippen LogP contribution < -0.4 is 10.1 Å². The number of nitrogens with zero attached hydrogens (tertiary/aromatic N) is 1. The van der Waals surface area contributed by atoms with Crippen molar-refractivity contribution in [3.63, 3.8) is 0 Å². The van der Waals surface area contributed by atoms with Gasteiger partial charge in [0.05, 0.1) is 12.1 Å². The molecule has 0 fully saturated rings. The largest absolute Gasteiger partial charge is 0.486 e. The minimum absolute atomic E-state index is 0.0531. The molecule has 0 spiro atoms. The average Bonchev–Trinajstić information content (AvgIpc) is 2.99. The van der Waals surface area contributed by atoms with E-state index in [9.17, 15) is 9.59 Å². The first-order chi connectivity index (χ1) is 11.8. The highest BCUT2D eigenvalue weighted by Gasteiger charge is 2.23. The molecule has 0 aliphatic heterocycles. The molecular formula is C18H22N2O4S. The number of thiazole rings is 1. The molecule has 1 amide bonds. The van der Waals surface area contributed by atoms with Crippen LogP contribution in [0.15, 0.2) is 29.6 Å². The molecule has 0 saturated heterocycles. The number of ether oxygens (including phenoxy) is 1. The van der Waals surface area contributed by atoms with Gasteiger partial charge in [-0.2, -0.15) is 0 Å². The Hall–Kier alpha value is -2.41. The molecule has 0 aliphatic rings. The third kappa shape index (κ3) is 5.86. The SMILES string of the molecule is Cc1ccc(OCc2nc(CC(=O)N[C@H](C(=O)O)C(C)C)cs2)cc1.